The van der Waals surface area contributed by atoms with Crippen LogP contribution in [-0.2, 0) is 9.59 Å². The van der Waals surface area contributed by atoms with E-state index in [0.29, 0.717) is 41.1 Å². The van der Waals surface area contributed by atoms with Crippen LogP contribution in [0.3, 0.4) is 0 Å². The van der Waals surface area contributed by atoms with E-state index in [0.717, 1.165) is 29.0 Å². The topological polar surface area (TPSA) is 103 Å². The summed E-state index contributed by atoms with van der Waals surface area (Å²) in [6, 6.07) is 14.3. The Morgan fingerprint density at radius 1 is 1.11 bits per heavy atom. The number of phenols is 1. The smallest absolute Gasteiger partial charge is 0.275 e. The van der Waals surface area contributed by atoms with E-state index in [1.807, 2.05) is 29.2 Å². The maximum atomic E-state index is 13.0. The Morgan fingerprint density at radius 2 is 1.84 bits per heavy atom. The maximum absolute atomic E-state index is 13.0. The lowest BCUT2D eigenvalue weighted by Gasteiger charge is -2.31. The number of aromatic hydroxyl groups is 1. The second kappa shape index (κ2) is 11.6. The van der Waals surface area contributed by atoms with Gasteiger partial charge in [0.2, 0.25) is 11.8 Å². The van der Waals surface area contributed by atoms with E-state index in [4.69, 9.17) is 12.2 Å². The van der Waals surface area contributed by atoms with Gasteiger partial charge >= 0.3 is 0 Å². The zero-order valence-corrected chi connectivity index (χ0v) is 22.9. The van der Waals surface area contributed by atoms with Gasteiger partial charge in [-0.15, -0.1) is 11.3 Å². The summed E-state index contributed by atoms with van der Waals surface area (Å²) in [4.78, 5) is 45.6. The van der Waals surface area contributed by atoms with Crippen LogP contribution < -0.4 is 5.32 Å². The van der Waals surface area contributed by atoms with Crippen molar-refractivity contribution in [2.75, 3.05) is 30.7 Å². The molecule has 3 amide bonds. The van der Waals surface area contributed by atoms with Crippen LogP contribution in [0.1, 0.15) is 40.7 Å². The predicted octanol–water partition coefficient (Wildman–Crippen LogP) is 4.72. The number of thiocarbonyl (C=S) groups is 1. The number of para-hydroxylation sites is 1. The standard InChI is InChI=1S/C27H26N4O4S3/c32-19-7-5-17(6-8-19)20-3-1-2-4-21(20)28-25(35)22-15-37-26(29-22)18-9-12-30(13-10-18)23(33)11-14-31-24(34)16-38-27(31)36/h1-8,15,18,32H,9-14,16H2,(H,28,35). The summed E-state index contributed by atoms with van der Waals surface area (Å²) in [5, 5.41) is 15.2. The summed E-state index contributed by atoms with van der Waals surface area (Å²) in [5.41, 5.74) is 2.77. The van der Waals surface area contributed by atoms with Crippen LogP contribution in [0.15, 0.2) is 53.9 Å². The van der Waals surface area contributed by atoms with Gasteiger partial charge in [0.1, 0.15) is 15.8 Å². The van der Waals surface area contributed by atoms with Gasteiger partial charge in [0.25, 0.3) is 5.91 Å². The van der Waals surface area contributed by atoms with E-state index in [1.165, 1.54) is 28.0 Å². The molecule has 2 fully saturated rings. The molecule has 2 aliphatic heterocycles. The van der Waals surface area contributed by atoms with Crippen molar-refractivity contribution >= 4 is 63.0 Å². The Bertz CT molecular complexity index is 1350. The highest BCUT2D eigenvalue weighted by Gasteiger charge is 2.29. The number of amides is 3. The molecule has 2 N–H and O–H groups in total. The Hall–Kier alpha value is -3.28. The van der Waals surface area contributed by atoms with Crippen molar-refractivity contribution in [1.29, 1.82) is 0 Å². The van der Waals surface area contributed by atoms with Gasteiger partial charge in [-0.3, -0.25) is 19.3 Å². The molecular weight excluding hydrogens is 541 g/mol. The first-order valence-electron chi connectivity index (χ1n) is 12.3. The van der Waals surface area contributed by atoms with Crippen LogP contribution in [0, 0.1) is 0 Å². The number of thiazole rings is 1. The van der Waals surface area contributed by atoms with Crippen molar-refractivity contribution < 1.29 is 19.5 Å². The van der Waals surface area contributed by atoms with Crippen molar-refractivity contribution in [2.45, 2.75) is 25.2 Å². The van der Waals surface area contributed by atoms with Gasteiger partial charge in [-0.1, -0.05) is 54.3 Å². The van der Waals surface area contributed by atoms with Crippen molar-refractivity contribution in [3.63, 3.8) is 0 Å². The van der Waals surface area contributed by atoms with E-state index in [1.54, 1.807) is 29.6 Å². The molecule has 0 bridgehead atoms. The van der Waals surface area contributed by atoms with Crippen LogP contribution >= 0.6 is 35.3 Å². The Balaban J connectivity index is 1.16. The first-order chi connectivity index (χ1) is 18.4. The highest BCUT2D eigenvalue weighted by Crippen LogP contribution is 2.32. The minimum absolute atomic E-state index is 0.0287. The Kier molecular flexibility index (Phi) is 8.06. The van der Waals surface area contributed by atoms with Crippen molar-refractivity contribution in [3.05, 3.63) is 64.6 Å². The van der Waals surface area contributed by atoms with Crippen molar-refractivity contribution in [1.82, 2.24) is 14.8 Å². The maximum Gasteiger partial charge on any atom is 0.275 e. The molecule has 1 aromatic heterocycles. The van der Waals surface area contributed by atoms with Crippen LogP contribution in [0.2, 0.25) is 0 Å². The molecule has 0 saturated carbocycles. The molecule has 2 aliphatic rings. The molecule has 0 atom stereocenters. The number of nitrogens with one attached hydrogen (secondary N) is 1. The van der Waals surface area contributed by atoms with E-state index >= 15 is 0 Å². The Morgan fingerprint density at radius 3 is 2.55 bits per heavy atom. The molecule has 3 aromatic rings. The molecule has 8 nitrogen and oxygen atoms in total. The third-order valence-electron chi connectivity index (χ3n) is 6.69. The lowest BCUT2D eigenvalue weighted by atomic mass is 9.97. The number of anilines is 1. The first kappa shape index (κ1) is 26.3. The zero-order valence-electron chi connectivity index (χ0n) is 20.5. The predicted molar refractivity (Wildman–Crippen MR) is 154 cm³/mol. The van der Waals surface area contributed by atoms with Crippen LogP contribution in [0.4, 0.5) is 5.69 Å². The number of likely N-dealkylation sites (tertiary alicyclic amines) is 1. The fourth-order valence-corrected chi connectivity index (χ4v) is 6.68. The van der Waals surface area contributed by atoms with E-state index in [-0.39, 0.29) is 35.8 Å². The molecule has 2 aromatic carbocycles. The van der Waals surface area contributed by atoms with E-state index in [2.05, 4.69) is 10.3 Å². The number of hydrogen-bond acceptors (Lipinski definition) is 8. The van der Waals surface area contributed by atoms with Gasteiger partial charge in [0.15, 0.2) is 0 Å². The largest absolute Gasteiger partial charge is 0.508 e. The van der Waals surface area contributed by atoms with Gasteiger partial charge in [-0.2, -0.15) is 0 Å². The van der Waals surface area contributed by atoms with Crippen molar-refractivity contribution in [3.8, 4) is 16.9 Å². The third kappa shape index (κ3) is 5.90. The number of nitrogens with zero attached hydrogens (tertiary/aromatic N) is 3. The van der Waals surface area contributed by atoms with Gasteiger partial charge in [0.05, 0.1) is 10.8 Å². The minimum Gasteiger partial charge on any atom is -0.508 e. The molecule has 5 rings (SSSR count). The number of hydrogen-bond donors (Lipinski definition) is 2. The molecule has 196 valence electrons. The van der Waals surface area contributed by atoms with E-state index in [9.17, 15) is 19.5 Å². The number of rotatable bonds is 7. The molecular formula is C27H26N4O4S3. The first-order valence-corrected chi connectivity index (χ1v) is 14.6. The summed E-state index contributed by atoms with van der Waals surface area (Å²) in [7, 11) is 0. The second-order valence-electron chi connectivity index (χ2n) is 9.12. The SMILES string of the molecule is O=C(Nc1ccccc1-c1ccc(O)cc1)c1csc(C2CCN(C(=O)CCN3C(=O)CSC3=S)CC2)n1. The van der Waals surface area contributed by atoms with Gasteiger partial charge in [-0.05, 0) is 36.6 Å². The summed E-state index contributed by atoms with van der Waals surface area (Å²) in [6.07, 6.45) is 1.83. The number of piperidine rings is 1. The van der Waals surface area contributed by atoms with Crippen LogP contribution in [0.25, 0.3) is 11.1 Å². The monoisotopic (exact) mass is 566 g/mol. The number of benzene rings is 2. The van der Waals surface area contributed by atoms with Gasteiger partial charge in [0, 0.05) is 48.6 Å². The minimum atomic E-state index is -0.279. The molecule has 3 heterocycles. The summed E-state index contributed by atoms with van der Waals surface area (Å²) in [6.45, 7) is 1.58. The normalized spacial score (nSPS) is 16.2. The lowest BCUT2D eigenvalue weighted by Crippen LogP contribution is -2.40. The third-order valence-corrected chi connectivity index (χ3v) is 9.13. The Labute approximate surface area is 234 Å². The number of thioether (sulfide) groups is 1. The zero-order chi connectivity index (χ0) is 26.6. The molecule has 0 spiro atoms. The summed E-state index contributed by atoms with van der Waals surface area (Å²) in [5.74, 6) is 0.458. The molecule has 0 aliphatic carbocycles. The molecule has 38 heavy (non-hydrogen) atoms. The van der Waals surface area contributed by atoms with Gasteiger partial charge < -0.3 is 15.3 Å². The highest BCUT2D eigenvalue weighted by molar-refractivity contribution is 8.23. The number of phenolic OH excluding ortho intramolecular Hbond substituents is 1. The molecule has 0 radical (unpaired) electrons. The average Bonchev–Trinajstić information content (AvgIpc) is 3.55. The second-order valence-corrected chi connectivity index (χ2v) is 11.6. The van der Waals surface area contributed by atoms with Crippen molar-refractivity contribution in [2.24, 2.45) is 0 Å². The van der Waals surface area contributed by atoms with E-state index < -0.39 is 0 Å². The fourth-order valence-electron chi connectivity index (χ4n) is 4.59. The van der Waals surface area contributed by atoms with Gasteiger partial charge in [-0.25, -0.2) is 4.98 Å². The molecule has 0 unspecified atom stereocenters. The number of carbonyl (C=O) groups is 3. The molecule has 11 heteroatoms. The quantitative estimate of drug-likeness (QED) is 0.399. The summed E-state index contributed by atoms with van der Waals surface area (Å²) >= 11 is 8.00. The van der Waals surface area contributed by atoms with Crippen LogP contribution in [-0.4, -0.2) is 67.3 Å². The number of carbonyl (C=O) groups excluding carboxylic acids is 3. The summed E-state index contributed by atoms with van der Waals surface area (Å²) < 4.78 is 0.550. The lowest BCUT2D eigenvalue weighted by molar-refractivity contribution is -0.132. The molecule has 2 saturated heterocycles. The number of aromatic nitrogens is 1. The van der Waals surface area contributed by atoms with Crippen LogP contribution in [0.5, 0.6) is 5.75 Å². The fraction of sp³-hybridized carbons (Fsp3) is 0.296. The highest BCUT2D eigenvalue weighted by atomic mass is 32.2. The average molecular weight is 567 g/mol.